The summed E-state index contributed by atoms with van der Waals surface area (Å²) in [6, 6.07) is 8.53. The Morgan fingerprint density at radius 1 is 1.07 bits per heavy atom. The van der Waals surface area contributed by atoms with Crippen LogP contribution in [0.25, 0.3) is 0 Å². The van der Waals surface area contributed by atoms with Gasteiger partial charge in [-0.2, -0.15) is 0 Å². The topological polar surface area (TPSA) is 47.5 Å². The zero-order valence-corrected chi connectivity index (χ0v) is 16.8. The molecular formula is C22H29N3O2. The first-order valence-electron chi connectivity index (χ1n) is 9.88. The second-order valence-electron chi connectivity index (χ2n) is 8.32. The number of nitrogens with zero attached hydrogens (tertiary/aromatic N) is 3. The molecule has 0 saturated carbocycles. The average Bonchev–Trinajstić information content (AvgIpc) is 3.09. The number of hydrogen-bond donors (Lipinski definition) is 0. The van der Waals surface area contributed by atoms with Crippen LogP contribution in [0.15, 0.2) is 24.3 Å². The number of fused-ring (bicyclic) bond motifs is 1. The van der Waals surface area contributed by atoms with Gasteiger partial charge in [-0.1, -0.05) is 0 Å². The van der Waals surface area contributed by atoms with Crippen molar-refractivity contribution in [1.29, 1.82) is 0 Å². The van der Waals surface area contributed by atoms with Crippen molar-refractivity contribution in [3.63, 3.8) is 0 Å². The predicted molar refractivity (Wildman–Crippen MR) is 105 cm³/mol. The van der Waals surface area contributed by atoms with Gasteiger partial charge in [0.1, 0.15) is 13.2 Å². The number of aromatic nitrogens is 2. The van der Waals surface area contributed by atoms with Gasteiger partial charge >= 0.3 is 0 Å². The van der Waals surface area contributed by atoms with Crippen molar-refractivity contribution < 1.29 is 9.47 Å². The number of ether oxygens (including phenoxy) is 2. The lowest BCUT2D eigenvalue weighted by Gasteiger charge is -2.35. The molecule has 5 heteroatoms. The molecule has 27 heavy (non-hydrogen) atoms. The Kier molecular flexibility index (Phi) is 4.81. The molecule has 0 spiro atoms. The number of aryl methyl sites for hydroxylation is 2. The first-order chi connectivity index (χ1) is 12.9. The normalized spacial score (nSPS) is 20.1. The highest BCUT2D eigenvalue weighted by molar-refractivity contribution is 5.37. The quantitative estimate of drug-likeness (QED) is 0.825. The summed E-state index contributed by atoms with van der Waals surface area (Å²) in [4.78, 5) is 11.8. The van der Waals surface area contributed by atoms with E-state index in [1.807, 2.05) is 6.07 Å². The van der Waals surface area contributed by atoms with Gasteiger partial charge in [0.05, 0.1) is 11.2 Å². The molecule has 1 saturated heterocycles. The zero-order chi connectivity index (χ0) is 19.0. The number of rotatable bonds is 4. The first-order valence-corrected chi connectivity index (χ1v) is 9.88. The third-order valence-electron chi connectivity index (χ3n) is 5.77. The second-order valence-corrected chi connectivity index (χ2v) is 8.32. The Morgan fingerprint density at radius 2 is 1.81 bits per heavy atom. The lowest BCUT2D eigenvalue weighted by Crippen LogP contribution is -2.40. The van der Waals surface area contributed by atoms with Crippen LogP contribution in [0.5, 0.6) is 11.6 Å². The molecule has 144 valence electrons. The van der Waals surface area contributed by atoms with Crippen molar-refractivity contribution >= 4 is 0 Å². The summed E-state index contributed by atoms with van der Waals surface area (Å²) in [5.74, 6) is 2.05. The van der Waals surface area contributed by atoms with Crippen LogP contribution in [-0.2, 0) is 12.0 Å². The molecule has 0 unspecified atom stereocenters. The van der Waals surface area contributed by atoms with Gasteiger partial charge in [0.25, 0.3) is 5.88 Å². The Labute approximate surface area is 161 Å². The molecule has 2 aliphatic heterocycles. The lowest BCUT2D eigenvalue weighted by atomic mass is 9.96. The zero-order valence-electron chi connectivity index (χ0n) is 16.8. The third kappa shape index (κ3) is 3.79. The van der Waals surface area contributed by atoms with Crippen molar-refractivity contribution in [2.75, 3.05) is 26.3 Å². The van der Waals surface area contributed by atoms with Gasteiger partial charge in [-0.15, -0.1) is 0 Å². The summed E-state index contributed by atoms with van der Waals surface area (Å²) in [5.41, 5.74) is 4.54. The van der Waals surface area contributed by atoms with E-state index in [4.69, 9.17) is 14.5 Å². The van der Waals surface area contributed by atoms with Gasteiger partial charge in [-0.25, -0.2) is 4.98 Å². The van der Waals surface area contributed by atoms with Gasteiger partial charge < -0.3 is 9.47 Å². The van der Waals surface area contributed by atoms with Crippen LogP contribution in [0.4, 0.5) is 0 Å². The van der Waals surface area contributed by atoms with Crippen LogP contribution in [0, 0.1) is 19.8 Å². The summed E-state index contributed by atoms with van der Waals surface area (Å²) in [6.45, 7) is 12.0. The molecule has 2 aromatic rings. The molecule has 0 amide bonds. The lowest BCUT2D eigenvalue weighted by molar-refractivity contribution is 0.136. The maximum absolute atomic E-state index is 5.68. The first kappa shape index (κ1) is 18.2. The van der Waals surface area contributed by atoms with Gasteiger partial charge in [0, 0.05) is 17.9 Å². The molecule has 0 bridgehead atoms. The summed E-state index contributed by atoms with van der Waals surface area (Å²) in [7, 11) is 0. The molecule has 1 atom stereocenters. The Balaban J connectivity index is 1.47. The van der Waals surface area contributed by atoms with E-state index in [2.05, 4.69) is 55.8 Å². The van der Waals surface area contributed by atoms with E-state index in [-0.39, 0.29) is 5.54 Å². The van der Waals surface area contributed by atoms with E-state index < -0.39 is 0 Å². The summed E-state index contributed by atoms with van der Waals surface area (Å²) in [5, 5.41) is 0. The summed E-state index contributed by atoms with van der Waals surface area (Å²) < 4.78 is 11.3. The molecule has 5 nitrogen and oxygen atoms in total. The largest absolute Gasteiger partial charge is 0.484 e. The van der Waals surface area contributed by atoms with Crippen molar-refractivity contribution in [3.8, 4) is 11.6 Å². The molecule has 0 N–H and O–H groups in total. The minimum atomic E-state index is -0.130. The molecule has 0 aliphatic carbocycles. The maximum atomic E-state index is 5.68. The highest BCUT2D eigenvalue weighted by Crippen LogP contribution is 2.36. The Hall–Kier alpha value is -2.14. The molecule has 2 aromatic heterocycles. The fraction of sp³-hybridized carbons (Fsp3) is 0.545. The van der Waals surface area contributed by atoms with Gasteiger partial charge in [-0.3, -0.25) is 9.88 Å². The van der Waals surface area contributed by atoms with E-state index in [0.29, 0.717) is 25.0 Å². The SMILES string of the molecule is Cc1cc(C[C@@H]2CCN(C(C)(C)c3ccc4c(n3)OCCO4)C2)cc(C)n1. The average molecular weight is 367 g/mol. The van der Waals surface area contributed by atoms with Crippen LogP contribution >= 0.6 is 0 Å². The van der Waals surface area contributed by atoms with Gasteiger partial charge in [0.2, 0.25) is 0 Å². The molecule has 0 aromatic carbocycles. The highest BCUT2D eigenvalue weighted by Gasteiger charge is 2.36. The van der Waals surface area contributed by atoms with E-state index in [1.165, 1.54) is 12.0 Å². The fourth-order valence-corrected chi connectivity index (χ4v) is 4.31. The molecule has 2 aliphatic rings. The minimum Gasteiger partial charge on any atom is -0.484 e. The molecule has 1 fully saturated rings. The van der Waals surface area contributed by atoms with E-state index in [1.54, 1.807) is 0 Å². The van der Waals surface area contributed by atoms with Crippen LogP contribution in [-0.4, -0.2) is 41.2 Å². The van der Waals surface area contributed by atoms with E-state index in [0.717, 1.165) is 42.3 Å². The highest BCUT2D eigenvalue weighted by atomic mass is 16.6. The third-order valence-corrected chi connectivity index (χ3v) is 5.77. The van der Waals surface area contributed by atoms with Crippen molar-refractivity contribution in [2.24, 2.45) is 5.92 Å². The Bertz CT molecular complexity index is 814. The number of hydrogen-bond acceptors (Lipinski definition) is 5. The number of pyridine rings is 2. The van der Waals surface area contributed by atoms with Crippen LogP contribution in [0.3, 0.4) is 0 Å². The van der Waals surface area contributed by atoms with Crippen LogP contribution < -0.4 is 9.47 Å². The van der Waals surface area contributed by atoms with Crippen molar-refractivity contribution in [3.05, 3.63) is 46.9 Å². The van der Waals surface area contributed by atoms with Crippen LogP contribution in [0.2, 0.25) is 0 Å². The second kappa shape index (κ2) is 7.12. The van der Waals surface area contributed by atoms with Gasteiger partial charge in [-0.05, 0) is 82.8 Å². The predicted octanol–water partition coefficient (Wildman–Crippen LogP) is 3.66. The fourth-order valence-electron chi connectivity index (χ4n) is 4.31. The molecule has 4 heterocycles. The smallest absolute Gasteiger partial charge is 0.257 e. The molecular weight excluding hydrogens is 338 g/mol. The van der Waals surface area contributed by atoms with E-state index >= 15 is 0 Å². The summed E-state index contributed by atoms with van der Waals surface area (Å²) >= 11 is 0. The Morgan fingerprint density at radius 3 is 2.59 bits per heavy atom. The number of likely N-dealkylation sites (tertiary alicyclic amines) is 1. The maximum Gasteiger partial charge on any atom is 0.257 e. The van der Waals surface area contributed by atoms with E-state index in [9.17, 15) is 0 Å². The van der Waals surface area contributed by atoms with Crippen molar-refractivity contribution in [2.45, 2.75) is 46.1 Å². The monoisotopic (exact) mass is 367 g/mol. The molecule has 4 rings (SSSR count). The molecule has 0 radical (unpaired) electrons. The summed E-state index contributed by atoms with van der Waals surface area (Å²) in [6.07, 6.45) is 2.33. The van der Waals surface area contributed by atoms with Gasteiger partial charge in [0.15, 0.2) is 5.75 Å². The standard InChI is InChI=1S/C22H29N3O2/c1-15-11-18(12-16(2)23-15)13-17-7-8-25(14-17)22(3,4)20-6-5-19-21(24-20)27-10-9-26-19/h5-6,11-12,17H,7-10,13-14H2,1-4H3/t17-/m0/s1. The van der Waals surface area contributed by atoms with Crippen molar-refractivity contribution in [1.82, 2.24) is 14.9 Å². The minimum absolute atomic E-state index is 0.130. The van der Waals surface area contributed by atoms with Crippen LogP contribution in [0.1, 0.15) is 42.9 Å².